The lowest BCUT2D eigenvalue weighted by atomic mass is 10.1. The van der Waals surface area contributed by atoms with Crippen LogP contribution >= 0.6 is 0 Å². The maximum Gasteiger partial charge on any atom is 0.0808 e. The number of ether oxygens (including phenoxy) is 2. The third-order valence-electron chi connectivity index (χ3n) is 3.55. The van der Waals surface area contributed by atoms with Gasteiger partial charge in [-0.25, -0.2) is 0 Å². The Hall–Kier alpha value is -0.900. The van der Waals surface area contributed by atoms with E-state index < -0.39 is 0 Å². The first-order valence-electron chi connectivity index (χ1n) is 7.74. The molecule has 1 aliphatic rings. The van der Waals surface area contributed by atoms with E-state index >= 15 is 0 Å². The van der Waals surface area contributed by atoms with Crippen LogP contribution in [-0.4, -0.2) is 25.4 Å². The summed E-state index contributed by atoms with van der Waals surface area (Å²) in [5.41, 5.74) is 2.55. The molecule has 1 fully saturated rings. The topological polar surface area (TPSA) is 30.5 Å². The third kappa shape index (κ3) is 5.61. The molecule has 1 aliphatic heterocycles. The van der Waals surface area contributed by atoms with E-state index in [0.29, 0.717) is 25.4 Å². The van der Waals surface area contributed by atoms with Crippen molar-refractivity contribution >= 4 is 0 Å². The van der Waals surface area contributed by atoms with Gasteiger partial charge in [0.2, 0.25) is 0 Å². The second-order valence-electron chi connectivity index (χ2n) is 5.86. The third-order valence-corrected chi connectivity index (χ3v) is 3.55. The van der Waals surface area contributed by atoms with Crippen LogP contribution in [-0.2, 0) is 22.6 Å². The van der Waals surface area contributed by atoms with Gasteiger partial charge in [0.15, 0.2) is 0 Å². The molecule has 20 heavy (non-hydrogen) atoms. The Kier molecular flexibility index (Phi) is 6.51. The summed E-state index contributed by atoms with van der Waals surface area (Å²) in [4.78, 5) is 0. The monoisotopic (exact) mass is 277 g/mol. The van der Waals surface area contributed by atoms with Crippen LogP contribution in [0.15, 0.2) is 24.3 Å². The smallest absolute Gasteiger partial charge is 0.0808 e. The predicted molar refractivity (Wildman–Crippen MR) is 81.7 cm³/mol. The lowest BCUT2D eigenvalue weighted by Gasteiger charge is -2.22. The van der Waals surface area contributed by atoms with E-state index in [2.05, 4.69) is 43.4 Å². The number of hydrogen-bond donors (Lipinski definition) is 1. The summed E-state index contributed by atoms with van der Waals surface area (Å²) in [6, 6.07) is 9.12. The molecule has 1 saturated heterocycles. The molecule has 0 aliphatic carbocycles. The van der Waals surface area contributed by atoms with Crippen molar-refractivity contribution < 1.29 is 9.47 Å². The maximum atomic E-state index is 5.79. The molecule has 1 atom stereocenters. The summed E-state index contributed by atoms with van der Waals surface area (Å²) < 4.78 is 11.5. The lowest BCUT2D eigenvalue weighted by molar-refractivity contribution is -0.0447. The Labute approximate surface area is 122 Å². The Morgan fingerprint density at radius 3 is 2.90 bits per heavy atom. The van der Waals surface area contributed by atoms with E-state index in [9.17, 15) is 0 Å². The van der Waals surface area contributed by atoms with Crippen LogP contribution in [0.2, 0.25) is 0 Å². The van der Waals surface area contributed by atoms with Crippen molar-refractivity contribution in [2.24, 2.45) is 0 Å². The van der Waals surface area contributed by atoms with Gasteiger partial charge in [-0.05, 0) is 30.4 Å². The van der Waals surface area contributed by atoms with E-state index in [1.54, 1.807) is 0 Å². The molecule has 0 bridgehead atoms. The van der Waals surface area contributed by atoms with E-state index in [1.807, 2.05) is 0 Å². The summed E-state index contributed by atoms with van der Waals surface area (Å²) in [6.07, 6.45) is 3.90. The lowest BCUT2D eigenvalue weighted by Crippen LogP contribution is -2.24. The summed E-state index contributed by atoms with van der Waals surface area (Å²) in [6.45, 7) is 7.53. The minimum Gasteiger partial charge on any atom is -0.376 e. The molecule has 0 saturated carbocycles. The van der Waals surface area contributed by atoms with Crippen LogP contribution in [0.1, 0.15) is 44.2 Å². The molecule has 1 aromatic carbocycles. The predicted octanol–water partition coefficient (Wildman–Crippen LogP) is 3.27. The molecule has 1 unspecified atom stereocenters. The molecule has 3 nitrogen and oxygen atoms in total. The van der Waals surface area contributed by atoms with Crippen LogP contribution in [0.3, 0.4) is 0 Å². The first kappa shape index (κ1) is 15.5. The largest absolute Gasteiger partial charge is 0.376 e. The van der Waals surface area contributed by atoms with E-state index in [-0.39, 0.29) is 0 Å². The Balaban J connectivity index is 1.73. The first-order chi connectivity index (χ1) is 9.74. The fourth-order valence-corrected chi connectivity index (χ4v) is 2.40. The van der Waals surface area contributed by atoms with Crippen molar-refractivity contribution in [3.05, 3.63) is 35.4 Å². The van der Waals surface area contributed by atoms with Crippen LogP contribution in [0, 0.1) is 0 Å². The van der Waals surface area contributed by atoms with Gasteiger partial charge in [-0.15, -0.1) is 0 Å². The number of nitrogens with one attached hydrogen (secondary N) is 1. The zero-order valence-electron chi connectivity index (χ0n) is 12.7. The average Bonchev–Trinajstić information content (AvgIpc) is 2.47. The van der Waals surface area contributed by atoms with E-state index in [1.165, 1.54) is 24.0 Å². The average molecular weight is 277 g/mol. The Morgan fingerprint density at radius 1 is 1.30 bits per heavy atom. The molecule has 2 rings (SSSR count). The number of hydrogen-bond acceptors (Lipinski definition) is 3. The Morgan fingerprint density at radius 2 is 2.15 bits per heavy atom. The minimum absolute atomic E-state index is 0.301. The van der Waals surface area contributed by atoms with E-state index in [0.717, 1.165) is 19.6 Å². The summed E-state index contributed by atoms with van der Waals surface area (Å²) in [5.74, 6) is 0. The highest BCUT2D eigenvalue weighted by Crippen LogP contribution is 2.14. The van der Waals surface area contributed by atoms with Crippen LogP contribution in [0.25, 0.3) is 0 Å². The SMILES string of the molecule is CC(C)NCc1cccc(COCC2CCCCO2)c1. The fraction of sp³-hybridized carbons (Fsp3) is 0.647. The van der Waals surface area contributed by atoms with Crippen LogP contribution in [0.4, 0.5) is 0 Å². The molecule has 0 radical (unpaired) electrons. The zero-order valence-corrected chi connectivity index (χ0v) is 12.7. The highest BCUT2D eigenvalue weighted by molar-refractivity contribution is 5.22. The fourth-order valence-electron chi connectivity index (χ4n) is 2.40. The zero-order chi connectivity index (χ0) is 14.2. The van der Waals surface area contributed by atoms with Gasteiger partial charge in [-0.1, -0.05) is 38.1 Å². The molecular formula is C17H27NO2. The molecule has 112 valence electrons. The second kappa shape index (κ2) is 8.40. The van der Waals surface area contributed by atoms with Crippen molar-refractivity contribution in [3.63, 3.8) is 0 Å². The summed E-state index contributed by atoms with van der Waals surface area (Å²) >= 11 is 0. The van der Waals surface area contributed by atoms with Crippen LogP contribution in [0.5, 0.6) is 0 Å². The quantitative estimate of drug-likeness (QED) is 0.829. The molecular weight excluding hydrogens is 250 g/mol. The molecule has 0 spiro atoms. The van der Waals surface area contributed by atoms with Gasteiger partial charge in [-0.2, -0.15) is 0 Å². The first-order valence-corrected chi connectivity index (χ1v) is 7.74. The van der Waals surface area contributed by atoms with Gasteiger partial charge in [0, 0.05) is 19.2 Å². The van der Waals surface area contributed by atoms with Gasteiger partial charge in [-0.3, -0.25) is 0 Å². The van der Waals surface area contributed by atoms with Crippen molar-refractivity contribution in [3.8, 4) is 0 Å². The van der Waals surface area contributed by atoms with Crippen LogP contribution < -0.4 is 5.32 Å². The van der Waals surface area contributed by atoms with Crippen molar-refractivity contribution in [1.29, 1.82) is 0 Å². The standard InChI is InChI=1S/C17H27NO2/c1-14(2)18-11-15-6-5-7-16(10-15)12-19-13-17-8-3-4-9-20-17/h5-7,10,14,17-18H,3-4,8-9,11-13H2,1-2H3. The highest BCUT2D eigenvalue weighted by atomic mass is 16.5. The van der Waals surface area contributed by atoms with Crippen molar-refractivity contribution in [2.45, 2.75) is 58.4 Å². The summed E-state index contributed by atoms with van der Waals surface area (Å²) in [5, 5.41) is 3.44. The molecule has 3 heteroatoms. The number of rotatable bonds is 7. The highest BCUT2D eigenvalue weighted by Gasteiger charge is 2.13. The summed E-state index contributed by atoms with van der Waals surface area (Å²) in [7, 11) is 0. The molecule has 0 amide bonds. The van der Waals surface area contributed by atoms with Crippen molar-refractivity contribution in [2.75, 3.05) is 13.2 Å². The second-order valence-corrected chi connectivity index (χ2v) is 5.86. The van der Waals surface area contributed by atoms with Crippen molar-refractivity contribution in [1.82, 2.24) is 5.32 Å². The van der Waals surface area contributed by atoms with E-state index in [4.69, 9.17) is 9.47 Å². The molecule has 1 heterocycles. The Bertz CT molecular complexity index is 386. The minimum atomic E-state index is 0.301. The molecule has 1 aromatic rings. The van der Waals surface area contributed by atoms with Gasteiger partial charge in [0.1, 0.15) is 0 Å². The normalized spacial score (nSPS) is 19.4. The number of benzene rings is 1. The van der Waals surface area contributed by atoms with Gasteiger partial charge in [0.25, 0.3) is 0 Å². The van der Waals surface area contributed by atoms with Gasteiger partial charge < -0.3 is 14.8 Å². The molecule has 0 aromatic heterocycles. The maximum absolute atomic E-state index is 5.79. The van der Waals surface area contributed by atoms with Gasteiger partial charge in [0.05, 0.1) is 19.3 Å². The van der Waals surface area contributed by atoms with Gasteiger partial charge >= 0.3 is 0 Å². The molecule has 1 N–H and O–H groups in total.